The van der Waals surface area contributed by atoms with Crippen molar-refractivity contribution in [3.8, 4) is 0 Å². The number of benzene rings is 1. The van der Waals surface area contributed by atoms with Gasteiger partial charge in [0.05, 0.1) is 5.56 Å². The zero-order valence-corrected chi connectivity index (χ0v) is 13.2. The Bertz CT molecular complexity index is 793. The van der Waals surface area contributed by atoms with Gasteiger partial charge >= 0.3 is 12.1 Å². The molecule has 2 aromatic rings. The predicted octanol–water partition coefficient (Wildman–Crippen LogP) is 3.97. The standard InChI is InChI=1S/C16H13F3N2O2S/c17-16(18,19)13-11-5-2-6-12(11)20-15(21-13)24-8-9-3-1-4-10(7-9)14(22)23/h1,3-4,7H,2,5-6,8H2,(H,22,23). The van der Waals surface area contributed by atoms with E-state index in [2.05, 4.69) is 9.97 Å². The molecule has 0 atom stereocenters. The third kappa shape index (κ3) is 3.53. The van der Waals surface area contributed by atoms with Crippen molar-refractivity contribution in [2.45, 2.75) is 36.3 Å². The molecular weight excluding hydrogens is 341 g/mol. The first-order chi connectivity index (χ1) is 11.3. The molecule has 0 saturated carbocycles. The molecule has 1 aromatic carbocycles. The van der Waals surface area contributed by atoms with Crippen molar-refractivity contribution >= 4 is 17.7 Å². The van der Waals surface area contributed by atoms with E-state index in [0.717, 1.165) is 11.8 Å². The lowest BCUT2D eigenvalue weighted by molar-refractivity contribution is -0.142. The second kappa shape index (κ2) is 6.43. The average Bonchev–Trinajstić information content (AvgIpc) is 2.99. The van der Waals surface area contributed by atoms with Crippen LogP contribution in [0.3, 0.4) is 0 Å². The van der Waals surface area contributed by atoms with E-state index in [4.69, 9.17) is 5.11 Å². The lowest BCUT2D eigenvalue weighted by Crippen LogP contribution is -2.14. The summed E-state index contributed by atoms with van der Waals surface area (Å²) in [5.41, 5.74) is 0.669. The van der Waals surface area contributed by atoms with Crippen LogP contribution in [0.2, 0.25) is 0 Å². The average molecular weight is 354 g/mol. The number of rotatable bonds is 4. The van der Waals surface area contributed by atoms with Gasteiger partial charge in [-0.05, 0) is 37.0 Å². The van der Waals surface area contributed by atoms with Crippen LogP contribution in [0.5, 0.6) is 0 Å². The van der Waals surface area contributed by atoms with E-state index in [1.807, 2.05) is 0 Å². The second-order valence-electron chi connectivity index (χ2n) is 5.43. The molecular formula is C16H13F3N2O2S. The summed E-state index contributed by atoms with van der Waals surface area (Å²) in [4.78, 5) is 18.9. The summed E-state index contributed by atoms with van der Waals surface area (Å²) in [6.45, 7) is 0. The Morgan fingerprint density at radius 2 is 2.04 bits per heavy atom. The summed E-state index contributed by atoms with van der Waals surface area (Å²) < 4.78 is 39.5. The first-order valence-corrected chi connectivity index (χ1v) is 8.25. The molecule has 0 unspecified atom stereocenters. The number of carboxylic acids is 1. The maximum Gasteiger partial charge on any atom is 0.433 e. The maximum atomic E-state index is 13.2. The minimum Gasteiger partial charge on any atom is -0.478 e. The highest BCUT2D eigenvalue weighted by atomic mass is 32.2. The van der Waals surface area contributed by atoms with Crippen LogP contribution in [0.15, 0.2) is 29.4 Å². The van der Waals surface area contributed by atoms with Gasteiger partial charge in [-0.15, -0.1) is 0 Å². The summed E-state index contributed by atoms with van der Waals surface area (Å²) in [6, 6.07) is 6.28. The number of fused-ring (bicyclic) bond motifs is 1. The van der Waals surface area contributed by atoms with Crippen LogP contribution in [0.4, 0.5) is 13.2 Å². The molecule has 1 aromatic heterocycles. The van der Waals surface area contributed by atoms with Gasteiger partial charge in [-0.2, -0.15) is 13.2 Å². The van der Waals surface area contributed by atoms with E-state index in [-0.39, 0.29) is 16.3 Å². The van der Waals surface area contributed by atoms with Crippen LogP contribution in [0.1, 0.15) is 39.3 Å². The van der Waals surface area contributed by atoms with Gasteiger partial charge in [0.2, 0.25) is 0 Å². The van der Waals surface area contributed by atoms with Crippen LogP contribution in [-0.2, 0) is 24.8 Å². The monoisotopic (exact) mass is 354 g/mol. The van der Waals surface area contributed by atoms with Crippen LogP contribution < -0.4 is 0 Å². The molecule has 1 N–H and O–H groups in total. The molecule has 0 spiro atoms. The number of alkyl halides is 3. The van der Waals surface area contributed by atoms with E-state index < -0.39 is 17.8 Å². The number of aromatic carboxylic acids is 1. The molecule has 24 heavy (non-hydrogen) atoms. The molecule has 0 bridgehead atoms. The third-order valence-corrected chi connectivity index (χ3v) is 4.64. The Morgan fingerprint density at radius 1 is 1.25 bits per heavy atom. The number of nitrogens with zero attached hydrogens (tertiary/aromatic N) is 2. The maximum absolute atomic E-state index is 13.2. The highest BCUT2D eigenvalue weighted by molar-refractivity contribution is 7.98. The Kier molecular flexibility index (Phi) is 4.49. The molecule has 8 heteroatoms. The second-order valence-corrected chi connectivity index (χ2v) is 6.37. The number of thioether (sulfide) groups is 1. The molecule has 0 aliphatic heterocycles. The number of hydrogen-bond donors (Lipinski definition) is 1. The van der Waals surface area contributed by atoms with Crippen LogP contribution in [0, 0.1) is 0 Å². The summed E-state index contributed by atoms with van der Waals surface area (Å²) in [5.74, 6) is -0.744. The van der Waals surface area contributed by atoms with Crippen molar-refractivity contribution in [1.29, 1.82) is 0 Å². The molecule has 0 saturated heterocycles. The molecule has 126 valence electrons. The van der Waals surface area contributed by atoms with Crippen molar-refractivity contribution in [2.75, 3.05) is 0 Å². The molecule has 1 aliphatic carbocycles. The first kappa shape index (κ1) is 16.8. The Morgan fingerprint density at radius 3 is 2.75 bits per heavy atom. The third-order valence-electron chi connectivity index (χ3n) is 3.72. The summed E-state index contributed by atoms with van der Waals surface area (Å²) >= 11 is 1.08. The Labute approximate surface area is 140 Å². The van der Waals surface area contributed by atoms with E-state index >= 15 is 0 Å². The number of carbonyl (C=O) groups is 1. The highest BCUT2D eigenvalue weighted by Gasteiger charge is 2.38. The normalized spacial score (nSPS) is 13.8. The van der Waals surface area contributed by atoms with Gasteiger partial charge in [0.1, 0.15) is 0 Å². The van der Waals surface area contributed by atoms with Gasteiger partial charge in [0.25, 0.3) is 0 Å². The molecule has 0 fully saturated rings. The van der Waals surface area contributed by atoms with Gasteiger partial charge in [-0.25, -0.2) is 14.8 Å². The number of carboxylic acid groups (broad SMARTS) is 1. The lowest BCUT2D eigenvalue weighted by atomic mass is 10.1. The van der Waals surface area contributed by atoms with Crippen LogP contribution in [-0.4, -0.2) is 21.0 Å². The number of aromatic nitrogens is 2. The van der Waals surface area contributed by atoms with Crippen LogP contribution >= 0.6 is 11.8 Å². The van der Waals surface area contributed by atoms with Crippen molar-refractivity contribution < 1.29 is 23.1 Å². The highest BCUT2D eigenvalue weighted by Crippen LogP contribution is 2.36. The minimum atomic E-state index is -4.49. The molecule has 4 nitrogen and oxygen atoms in total. The number of hydrogen-bond acceptors (Lipinski definition) is 4. The largest absolute Gasteiger partial charge is 0.478 e. The SMILES string of the molecule is O=C(O)c1cccc(CSc2nc3c(c(C(F)(F)F)n2)CCC3)c1. The summed E-state index contributed by atoms with van der Waals surface area (Å²) in [5, 5.41) is 9.04. The van der Waals surface area contributed by atoms with E-state index in [0.29, 0.717) is 36.3 Å². The minimum absolute atomic E-state index is 0.0729. The molecule has 0 amide bonds. The van der Waals surface area contributed by atoms with Gasteiger partial charge in [0, 0.05) is 17.0 Å². The van der Waals surface area contributed by atoms with E-state index in [1.54, 1.807) is 12.1 Å². The van der Waals surface area contributed by atoms with Crippen molar-refractivity contribution in [1.82, 2.24) is 9.97 Å². The van der Waals surface area contributed by atoms with E-state index in [9.17, 15) is 18.0 Å². The fourth-order valence-corrected chi connectivity index (χ4v) is 3.46. The molecule has 0 radical (unpaired) electrons. The van der Waals surface area contributed by atoms with Crippen LogP contribution in [0.25, 0.3) is 0 Å². The van der Waals surface area contributed by atoms with Gasteiger partial charge in [0.15, 0.2) is 10.9 Å². The summed E-state index contributed by atoms with van der Waals surface area (Å²) in [7, 11) is 0. The topological polar surface area (TPSA) is 63.1 Å². The first-order valence-electron chi connectivity index (χ1n) is 7.26. The van der Waals surface area contributed by atoms with Gasteiger partial charge in [-0.3, -0.25) is 0 Å². The lowest BCUT2D eigenvalue weighted by Gasteiger charge is -2.12. The Hall–Kier alpha value is -2.09. The quantitative estimate of drug-likeness (QED) is 0.665. The van der Waals surface area contributed by atoms with Gasteiger partial charge in [-0.1, -0.05) is 23.9 Å². The van der Waals surface area contributed by atoms with Gasteiger partial charge < -0.3 is 5.11 Å². The molecule has 1 aliphatic rings. The van der Waals surface area contributed by atoms with Crippen molar-refractivity contribution in [2.24, 2.45) is 0 Å². The number of halogens is 3. The smallest absolute Gasteiger partial charge is 0.433 e. The molecule has 1 heterocycles. The fourth-order valence-electron chi connectivity index (χ4n) is 2.65. The van der Waals surface area contributed by atoms with Crippen molar-refractivity contribution in [3.63, 3.8) is 0 Å². The Balaban J connectivity index is 1.83. The van der Waals surface area contributed by atoms with E-state index in [1.165, 1.54) is 12.1 Å². The number of aryl methyl sites for hydroxylation is 1. The van der Waals surface area contributed by atoms with Crippen molar-refractivity contribution in [3.05, 3.63) is 52.3 Å². The predicted molar refractivity (Wildman–Crippen MR) is 82.0 cm³/mol. The zero-order chi connectivity index (χ0) is 17.3. The zero-order valence-electron chi connectivity index (χ0n) is 12.4. The fraction of sp³-hybridized carbons (Fsp3) is 0.312. The molecule has 3 rings (SSSR count). The summed E-state index contributed by atoms with van der Waals surface area (Å²) in [6.07, 6.45) is -2.95.